The number of piperazine rings is 1. The summed E-state index contributed by atoms with van der Waals surface area (Å²) in [7, 11) is 0. The zero-order valence-corrected chi connectivity index (χ0v) is 16.5. The molecule has 30 heavy (non-hydrogen) atoms. The Morgan fingerprint density at radius 1 is 1.10 bits per heavy atom. The number of carbonyl (C=O) groups is 1. The monoisotopic (exact) mass is 417 g/mol. The number of halogens is 3. The fourth-order valence-electron chi connectivity index (χ4n) is 3.68. The molecule has 158 valence electrons. The average molecular weight is 417 g/mol. The number of aromatic amines is 1. The molecule has 0 unspecified atom stereocenters. The maximum atomic E-state index is 12.9. The quantitative estimate of drug-likeness (QED) is 0.708. The van der Waals surface area contributed by atoms with Crippen molar-refractivity contribution in [3.05, 3.63) is 65.5 Å². The second-order valence-electron chi connectivity index (χ2n) is 7.39. The van der Waals surface area contributed by atoms with Crippen LogP contribution in [0.25, 0.3) is 5.82 Å². The van der Waals surface area contributed by atoms with Crippen LogP contribution in [0, 0.1) is 6.92 Å². The third-order valence-corrected chi connectivity index (χ3v) is 5.23. The summed E-state index contributed by atoms with van der Waals surface area (Å²) < 4.78 is 40.6. The summed E-state index contributed by atoms with van der Waals surface area (Å²) in [6, 6.07) is 10.9. The molecule has 1 aromatic carbocycles. The number of rotatable bonds is 4. The van der Waals surface area contributed by atoms with E-state index >= 15 is 0 Å². The van der Waals surface area contributed by atoms with Gasteiger partial charge < -0.3 is 9.80 Å². The zero-order valence-electron chi connectivity index (χ0n) is 16.5. The van der Waals surface area contributed by atoms with Crippen LogP contribution in [-0.2, 0) is 17.4 Å². The van der Waals surface area contributed by atoms with Crippen molar-refractivity contribution in [1.82, 2.24) is 19.7 Å². The number of aryl methyl sites for hydroxylation is 1. The summed E-state index contributed by atoms with van der Waals surface area (Å²) in [5.41, 5.74) is 0.613. The van der Waals surface area contributed by atoms with E-state index in [2.05, 4.69) is 15.1 Å². The van der Waals surface area contributed by atoms with E-state index in [0.29, 0.717) is 31.7 Å². The molecule has 0 aliphatic carbocycles. The highest BCUT2D eigenvalue weighted by molar-refractivity contribution is 5.79. The molecular formula is C21H22F3N5O. The molecule has 1 amide bonds. The number of benzene rings is 1. The van der Waals surface area contributed by atoms with Gasteiger partial charge in [-0.25, -0.2) is 0 Å². The lowest BCUT2D eigenvalue weighted by molar-refractivity contribution is -0.138. The maximum Gasteiger partial charge on any atom is 0.416 e. The van der Waals surface area contributed by atoms with Gasteiger partial charge in [0, 0.05) is 44.1 Å². The standard InChI is InChI=1S/C21H22F3N5O/c1-15-12-18(26-25-15)29-7-3-6-19(29)27-8-10-28(11-9-27)20(30)14-16-4-2-5-17(13-16)21(22,23)24/h2-7,12-13H,8-11,14H2,1H3,(H,25,26). The first-order chi connectivity index (χ1) is 14.3. The van der Waals surface area contributed by atoms with Crippen molar-refractivity contribution in [3.63, 3.8) is 0 Å². The Balaban J connectivity index is 1.39. The molecule has 3 aromatic rings. The van der Waals surface area contributed by atoms with Crippen LogP contribution in [0.2, 0.25) is 0 Å². The van der Waals surface area contributed by atoms with Crippen LogP contribution in [0.5, 0.6) is 0 Å². The summed E-state index contributed by atoms with van der Waals surface area (Å²) in [5, 5.41) is 7.23. The average Bonchev–Trinajstić information content (AvgIpc) is 3.36. The summed E-state index contributed by atoms with van der Waals surface area (Å²) in [6.07, 6.45) is -2.50. The second-order valence-corrected chi connectivity index (χ2v) is 7.39. The normalized spacial score (nSPS) is 14.9. The van der Waals surface area contributed by atoms with E-state index in [0.717, 1.165) is 29.5 Å². The Morgan fingerprint density at radius 3 is 2.53 bits per heavy atom. The molecular weight excluding hydrogens is 395 g/mol. The highest BCUT2D eigenvalue weighted by atomic mass is 19.4. The molecule has 9 heteroatoms. The molecule has 0 atom stereocenters. The van der Waals surface area contributed by atoms with Gasteiger partial charge in [0.25, 0.3) is 0 Å². The number of hydrogen-bond acceptors (Lipinski definition) is 3. The first-order valence-electron chi connectivity index (χ1n) is 9.70. The molecule has 2 aromatic heterocycles. The van der Waals surface area contributed by atoms with Gasteiger partial charge in [0.05, 0.1) is 12.0 Å². The van der Waals surface area contributed by atoms with E-state index in [-0.39, 0.29) is 12.3 Å². The second kappa shape index (κ2) is 7.89. The minimum Gasteiger partial charge on any atom is -0.354 e. The van der Waals surface area contributed by atoms with Crippen LogP contribution in [-0.4, -0.2) is 51.8 Å². The Morgan fingerprint density at radius 2 is 1.87 bits per heavy atom. The SMILES string of the molecule is Cc1cc(-n2cccc2N2CCN(C(=O)Cc3cccc(C(F)(F)F)c3)CC2)n[nH]1. The largest absolute Gasteiger partial charge is 0.416 e. The van der Waals surface area contributed by atoms with Gasteiger partial charge in [0.2, 0.25) is 5.91 Å². The van der Waals surface area contributed by atoms with Crippen LogP contribution >= 0.6 is 0 Å². The number of carbonyl (C=O) groups excluding carboxylic acids is 1. The molecule has 0 radical (unpaired) electrons. The Labute approximate surface area is 171 Å². The topological polar surface area (TPSA) is 57.2 Å². The van der Waals surface area contributed by atoms with Crippen molar-refractivity contribution >= 4 is 11.7 Å². The number of nitrogens with one attached hydrogen (secondary N) is 1. The Hall–Kier alpha value is -3.23. The van der Waals surface area contributed by atoms with Crippen molar-refractivity contribution in [3.8, 4) is 5.82 Å². The first-order valence-corrected chi connectivity index (χ1v) is 9.70. The van der Waals surface area contributed by atoms with Crippen LogP contribution in [0.1, 0.15) is 16.8 Å². The lowest BCUT2D eigenvalue weighted by Gasteiger charge is -2.36. The molecule has 1 saturated heterocycles. The van der Waals surface area contributed by atoms with Gasteiger partial charge in [-0.15, -0.1) is 0 Å². The fraction of sp³-hybridized carbons (Fsp3) is 0.333. The van der Waals surface area contributed by atoms with Crippen molar-refractivity contribution in [2.75, 3.05) is 31.1 Å². The van der Waals surface area contributed by atoms with Crippen LogP contribution in [0.4, 0.5) is 19.0 Å². The summed E-state index contributed by atoms with van der Waals surface area (Å²) in [6.45, 7) is 4.25. The van der Waals surface area contributed by atoms with Crippen molar-refractivity contribution in [1.29, 1.82) is 0 Å². The molecule has 6 nitrogen and oxygen atoms in total. The van der Waals surface area contributed by atoms with E-state index < -0.39 is 11.7 Å². The molecule has 1 aliphatic heterocycles. The first kappa shape index (κ1) is 20.1. The number of H-pyrrole nitrogens is 1. The lowest BCUT2D eigenvalue weighted by atomic mass is 10.1. The molecule has 3 heterocycles. The van der Waals surface area contributed by atoms with Crippen molar-refractivity contribution in [2.45, 2.75) is 19.5 Å². The number of alkyl halides is 3. The molecule has 4 rings (SSSR count). The van der Waals surface area contributed by atoms with E-state index in [4.69, 9.17) is 0 Å². The highest BCUT2D eigenvalue weighted by Crippen LogP contribution is 2.29. The van der Waals surface area contributed by atoms with Gasteiger partial charge in [-0.1, -0.05) is 18.2 Å². The molecule has 1 fully saturated rings. The lowest BCUT2D eigenvalue weighted by Crippen LogP contribution is -2.49. The maximum absolute atomic E-state index is 12.9. The predicted octanol–water partition coefficient (Wildman–Crippen LogP) is 3.42. The van der Waals surface area contributed by atoms with Gasteiger partial charge >= 0.3 is 6.18 Å². The molecule has 1 N–H and O–H groups in total. The number of hydrogen-bond donors (Lipinski definition) is 1. The Bertz CT molecular complexity index is 1030. The molecule has 0 saturated carbocycles. The van der Waals surface area contributed by atoms with Gasteiger partial charge in [0.15, 0.2) is 5.82 Å². The minimum atomic E-state index is -4.41. The van der Waals surface area contributed by atoms with E-state index in [1.54, 1.807) is 11.0 Å². The zero-order chi connectivity index (χ0) is 21.3. The van der Waals surface area contributed by atoms with E-state index in [1.165, 1.54) is 6.07 Å². The number of nitrogens with zero attached hydrogens (tertiary/aromatic N) is 4. The summed E-state index contributed by atoms with van der Waals surface area (Å²) >= 11 is 0. The minimum absolute atomic E-state index is 0.0349. The summed E-state index contributed by atoms with van der Waals surface area (Å²) in [4.78, 5) is 16.5. The smallest absolute Gasteiger partial charge is 0.354 e. The molecule has 0 bridgehead atoms. The number of amides is 1. The van der Waals surface area contributed by atoms with Gasteiger partial charge in [-0.05, 0) is 30.7 Å². The van der Waals surface area contributed by atoms with Crippen LogP contribution in [0.3, 0.4) is 0 Å². The fourth-order valence-corrected chi connectivity index (χ4v) is 3.68. The molecule has 0 spiro atoms. The summed E-state index contributed by atoms with van der Waals surface area (Å²) in [5.74, 6) is 1.63. The predicted molar refractivity (Wildman–Crippen MR) is 107 cm³/mol. The number of anilines is 1. The van der Waals surface area contributed by atoms with Gasteiger partial charge in [-0.3, -0.25) is 14.5 Å². The Kier molecular flexibility index (Phi) is 5.27. The van der Waals surface area contributed by atoms with Crippen molar-refractivity contribution in [2.24, 2.45) is 0 Å². The van der Waals surface area contributed by atoms with E-state index in [1.807, 2.05) is 35.9 Å². The van der Waals surface area contributed by atoms with Gasteiger partial charge in [-0.2, -0.15) is 18.3 Å². The third kappa shape index (κ3) is 4.19. The van der Waals surface area contributed by atoms with E-state index in [9.17, 15) is 18.0 Å². The van der Waals surface area contributed by atoms with Crippen LogP contribution < -0.4 is 4.90 Å². The highest BCUT2D eigenvalue weighted by Gasteiger charge is 2.31. The van der Waals surface area contributed by atoms with Gasteiger partial charge in [0.1, 0.15) is 5.82 Å². The van der Waals surface area contributed by atoms with Crippen LogP contribution in [0.15, 0.2) is 48.7 Å². The van der Waals surface area contributed by atoms with Crippen molar-refractivity contribution < 1.29 is 18.0 Å². The molecule has 1 aliphatic rings. The third-order valence-electron chi connectivity index (χ3n) is 5.23. The number of aromatic nitrogens is 3.